The summed E-state index contributed by atoms with van der Waals surface area (Å²) in [5, 5.41) is 6.14. The van der Waals surface area contributed by atoms with E-state index in [0.717, 1.165) is 19.4 Å². The van der Waals surface area contributed by atoms with E-state index in [1.807, 2.05) is 14.1 Å². The molecule has 0 rings (SSSR count). The predicted molar refractivity (Wildman–Crippen MR) is 55.9 cm³/mol. The molecule has 0 heterocycles. The average molecular weight is 186 g/mol. The van der Waals surface area contributed by atoms with Crippen LogP contribution < -0.4 is 10.6 Å². The molecule has 2 N–H and O–H groups in total. The molecule has 0 spiro atoms. The summed E-state index contributed by atoms with van der Waals surface area (Å²) in [7, 11) is 3.81. The highest BCUT2D eigenvalue weighted by Crippen LogP contribution is 2.03. The van der Waals surface area contributed by atoms with E-state index in [-0.39, 0.29) is 11.8 Å². The van der Waals surface area contributed by atoms with Crippen LogP contribution in [0.3, 0.4) is 0 Å². The molecule has 0 amide bonds. The van der Waals surface area contributed by atoms with Crippen molar-refractivity contribution in [2.75, 3.05) is 20.6 Å². The second-order valence-corrected chi connectivity index (χ2v) is 3.40. The van der Waals surface area contributed by atoms with E-state index in [1.165, 1.54) is 12.8 Å². The van der Waals surface area contributed by atoms with Crippen molar-refractivity contribution in [2.45, 2.75) is 38.6 Å². The Bertz CT molecular complexity index is 137. The van der Waals surface area contributed by atoms with Crippen LogP contribution in [0, 0.1) is 0 Å². The number of hydrogen-bond donors (Lipinski definition) is 2. The molecule has 0 saturated carbocycles. The van der Waals surface area contributed by atoms with Crippen molar-refractivity contribution in [2.24, 2.45) is 0 Å². The van der Waals surface area contributed by atoms with Crippen LogP contribution in [0.5, 0.6) is 0 Å². The lowest BCUT2D eigenvalue weighted by Gasteiger charge is -2.11. The van der Waals surface area contributed by atoms with Gasteiger partial charge < -0.3 is 10.6 Å². The lowest BCUT2D eigenvalue weighted by Crippen LogP contribution is -2.32. The molecule has 0 fully saturated rings. The summed E-state index contributed by atoms with van der Waals surface area (Å²) in [6.07, 6.45) is 4.50. The Kier molecular flexibility index (Phi) is 7.94. The van der Waals surface area contributed by atoms with Crippen LogP contribution in [0.15, 0.2) is 0 Å². The first-order valence-corrected chi connectivity index (χ1v) is 5.04. The molecule has 0 aromatic heterocycles. The highest BCUT2D eigenvalue weighted by Gasteiger charge is 2.09. The molecule has 0 aliphatic carbocycles. The van der Waals surface area contributed by atoms with Gasteiger partial charge in [-0.2, -0.15) is 0 Å². The number of unbranched alkanes of at least 4 members (excludes halogenated alkanes) is 2. The van der Waals surface area contributed by atoms with Crippen LogP contribution in [0.4, 0.5) is 0 Å². The first-order valence-electron chi connectivity index (χ1n) is 5.04. The Morgan fingerprint density at radius 1 is 1.23 bits per heavy atom. The number of hydrogen-bond acceptors (Lipinski definition) is 3. The fraction of sp³-hybridized carbons (Fsp3) is 0.900. The number of carbonyl (C=O) groups excluding carboxylic acids is 1. The van der Waals surface area contributed by atoms with Crippen molar-refractivity contribution in [3.8, 4) is 0 Å². The first kappa shape index (κ1) is 12.6. The van der Waals surface area contributed by atoms with Gasteiger partial charge in [-0.15, -0.1) is 0 Å². The molecule has 78 valence electrons. The Hall–Kier alpha value is -0.410. The van der Waals surface area contributed by atoms with Crippen LogP contribution in [0.25, 0.3) is 0 Å². The van der Waals surface area contributed by atoms with Gasteiger partial charge >= 0.3 is 0 Å². The minimum atomic E-state index is 0.0644. The quantitative estimate of drug-likeness (QED) is 0.554. The fourth-order valence-corrected chi connectivity index (χ4v) is 1.38. The summed E-state index contributed by atoms with van der Waals surface area (Å²) in [5.41, 5.74) is 0. The zero-order valence-electron chi connectivity index (χ0n) is 9.02. The number of likely N-dealkylation sites (N-methyl/N-ethyl adjacent to an activating group) is 1. The van der Waals surface area contributed by atoms with E-state index in [2.05, 4.69) is 10.6 Å². The zero-order valence-corrected chi connectivity index (χ0v) is 9.02. The molecule has 3 nitrogen and oxygen atoms in total. The monoisotopic (exact) mass is 186 g/mol. The third-order valence-electron chi connectivity index (χ3n) is 2.26. The normalized spacial score (nSPS) is 12.8. The van der Waals surface area contributed by atoms with Crippen molar-refractivity contribution >= 4 is 5.78 Å². The Balaban J connectivity index is 3.33. The van der Waals surface area contributed by atoms with Crippen molar-refractivity contribution in [1.29, 1.82) is 0 Å². The van der Waals surface area contributed by atoms with Crippen molar-refractivity contribution in [3.05, 3.63) is 0 Å². The van der Waals surface area contributed by atoms with Gasteiger partial charge in [0, 0.05) is 0 Å². The van der Waals surface area contributed by atoms with Gasteiger partial charge in [0.05, 0.1) is 6.04 Å². The average Bonchev–Trinajstić information content (AvgIpc) is 2.10. The maximum atomic E-state index is 11.0. The SMILES string of the molecule is CNCCCCCC(NC)C(C)=O. The third-order valence-corrected chi connectivity index (χ3v) is 2.26. The van der Waals surface area contributed by atoms with Crippen LogP contribution >= 0.6 is 0 Å². The number of rotatable bonds is 8. The molecule has 13 heavy (non-hydrogen) atoms. The van der Waals surface area contributed by atoms with E-state index >= 15 is 0 Å². The minimum absolute atomic E-state index is 0.0644. The molecular weight excluding hydrogens is 164 g/mol. The molecule has 3 heteroatoms. The lowest BCUT2D eigenvalue weighted by atomic mass is 10.1. The number of Topliss-reactive ketones (excluding diaryl/α,β-unsaturated/α-hetero) is 1. The van der Waals surface area contributed by atoms with Crippen LogP contribution in [0.2, 0.25) is 0 Å². The van der Waals surface area contributed by atoms with Gasteiger partial charge in [0.15, 0.2) is 0 Å². The Morgan fingerprint density at radius 2 is 1.92 bits per heavy atom. The minimum Gasteiger partial charge on any atom is -0.320 e. The van der Waals surface area contributed by atoms with Gasteiger partial charge in [0.25, 0.3) is 0 Å². The van der Waals surface area contributed by atoms with E-state index in [4.69, 9.17) is 0 Å². The summed E-state index contributed by atoms with van der Waals surface area (Å²) in [5.74, 6) is 0.246. The zero-order chi connectivity index (χ0) is 10.1. The Labute approximate surface area is 81.3 Å². The van der Waals surface area contributed by atoms with E-state index in [0.29, 0.717) is 0 Å². The van der Waals surface area contributed by atoms with Gasteiger partial charge in [-0.3, -0.25) is 4.79 Å². The molecule has 0 bridgehead atoms. The molecule has 0 radical (unpaired) electrons. The van der Waals surface area contributed by atoms with Gasteiger partial charge in [0.2, 0.25) is 0 Å². The highest BCUT2D eigenvalue weighted by molar-refractivity contribution is 5.81. The van der Waals surface area contributed by atoms with E-state index in [9.17, 15) is 4.79 Å². The van der Waals surface area contributed by atoms with Crippen molar-refractivity contribution in [1.82, 2.24) is 10.6 Å². The summed E-state index contributed by atoms with van der Waals surface area (Å²) < 4.78 is 0. The maximum absolute atomic E-state index is 11.0. The second kappa shape index (κ2) is 8.20. The second-order valence-electron chi connectivity index (χ2n) is 3.40. The highest BCUT2D eigenvalue weighted by atomic mass is 16.1. The fourth-order valence-electron chi connectivity index (χ4n) is 1.38. The molecule has 1 atom stereocenters. The van der Waals surface area contributed by atoms with E-state index < -0.39 is 0 Å². The largest absolute Gasteiger partial charge is 0.320 e. The van der Waals surface area contributed by atoms with Crippen LogP contribution in [0.1, 0.15) is 32.6 Å². The van der Waals surface area contributed by atoms with Crippen LogP contribution in [-0.2, 0) is 4.79 Å². The molecule has 0 saturated heterocycles. The standard InChI is InChI=1S/C10H22N2O/c1-9(13)10(12-3)7-5-4-6-8-11-2/h10-12H,4-8H2,1-3H3. The molecule has 0 aromatic carbocycles. The summed E-state index contributed by atoms with van der Waals surface area (Å²) in [4.78, 5) is 11.0. The van der Waals surface area contributed by atoms with Crippen molar-refractivity contribution in [3.63, 3.8) is 0 Å². The van der Waals surface area contributed by atoms with Crippen LogP contribution in [-0.4, -0.2) is 32.5 Å². The van der Waals surface area contributed by atoms with Gasteiger partial charge in [0.1, 0.15) is 5.78 Å². The lowest BCUT2D eigenvalue weighted by molar-refractivity contribution is -0.119. The molecule has 1 unspecified atom stereocenters. The van der Waals surface area contributed by atoms with Gasteiger partial charge in [-0.05, 0) is 40.4 Å². The Morgan fingerprint density at radius 3 is 2.38 bits per heavy atom. The molecule has 0 aliphatic rings. The summed E-state index contributed by atoms with van der Waals surface area (Å²) in [6.45, 7) is 2.72. The van der Waals surface area contributed by atoms with Gasteiger partial charge in [-0.1, -0.05) is 12.8 Å². The molecule has 0 aromatic rings. The number of ketones is 1. The number of carbonyl (C=O) groups is 1. The molecular formula is C10H22N2O. The van der Waals surface area contributed by atoms with Gasteiger partial charge in [-0.25, -0.2) is 0 Å². The smallest absolute Gasteiger partial charge is 0.146 e. The summed E-state index contributed by atoms with van der Waals surface area (Å²) >= 11 is 0. The number of nitrogens with one attached hydrogen (secondary N) is 2. The topological polar surface area (TPSA) is 41.1 Å². The predicted octanol–water partition coefficient (Wildman–Crippen LogP) is 0.943. The first-order chi connectivity index (χ1) is 6.22. The van der Waals surface area contributed by atoms with Crippen molar-refractivity contribution < 1.29 is 4.79 Å². The summed E-state index contributed by atoms with van der Waals surface area (Å²) in [6, 6.07) is 0.0644. The molecule has 0 aliphatic heterocycles. The van der Waals surface area contributed by atoms with E-state index in [1.54, 1.807) is 6.92 Å². The third kappa shape index (κ3) is 6.72. The maximum Gasteiger partial charge on any atom is 0.146 e.